The summed E-state index contributed by atoms with van der Waals surface area (Å²) in [6, 6.07) is 20.2. The predicted molar refractivity (Wildman–Crippen MR) is 142 cm³/mol. The van der Waals surface area contributed by atoms with E-state index in [9.17, 15) is 15.3 Å². The van der Waals surface area contributed by atoms with E-state index in [2.05, 4.69) is 33.9 Å². The molecule has 0 heterocycles. The molecule has 0 aliphatic rings. The van der Waals surface area contributed by atoms with Crippen molar-refractivity contribution in [3.8, 4) is 17.9 Å². The molecule has 3 aromatic rings. The number of carbonyl (C=O) groups is 1. The summed E-state index contributed by atoms with van der Waals surface area (Å²) in [5.41, 5.74) is 3.99. The van der Waals surface area contributed by atoms with Crippen molar-refractivity contribution in [2.24, 2.45) is 0 Å². The van der Waals surface area contributed by atoms with Gasteiger partial charge in [-0.15, -0.1) is 6.58 Å². The Morgan fingerprint density at radius 1 is 1.17 bits per heavy atom. The topological polar surface area (TPSA) is 85.9 Å². The van der Waals surface area contributed by atoms with Gasteiger partial charge in [0.15, 0.2) is 0 Å². The zero-order valence-corrected chi connectivity index (χ0v) is 21.3. The Morgan fingerprint density at radius 3 is 2.66 bits per heavy atom. The zero-order valence-electron chi connectivity index (χ0n) is 18.9. The summed E-state index contributed by atoms with van der Waals surface area (Å²) in [4.78, 5) is 12.8. The first-order valence-corrected chi connectivity index (χ1v) is 11.8. The Kier molecular flexibility index (Phi) is 8.86. The highest BCUT2D eigenvalue weighted by molar-refractivity contribution is 9.10. The number of nitriles is 2. The third kappa shape index (κ3) is 6.39. The van der Waals surface area contributed by atoms with Crippen LogP contribution in [0.15, 0.2) is 77.3 Å². The van der Waals surface area contributed by atoms with Gasteiger partial charge in [0.2, 0.25) is 0 Å². The minimum atomic E-state index is -0.535. The van der Waals surface area contributed by atoms with E-state index in [1.165, 1.54) is 6.08 Å². The number of benzene rings is 3. The van der Waals surface area contributed by atoms with Gasteiger partial charge in [-0.1, -0.05) is 41.9 Å². The van der Waals surface area contributed by atoms with E-state index in [-0.39, 0.29) is 12.2 Å². The fourth-order valence-corrected chi connectivity index (χ4v) is 4.19. The summed E-state index contributed by atoms with van der Waals surface area (Å²) in [6.07, 6.45) is 3.76. The van der Waals surface area contributed by atoms with Crippen molar-refractivity contribution in [3.05, 3.63) is 110 Å². The molecule has 0 aliphatic carbocycles. The van der Waals surface area contributed by atoms with E-state index < -0.39 is 5.91 Å². The van der Waals surface area contributed by atoms with Gasteiger partial charge >= 0.3 is 0 Å². The predicted octanol–water partition coefficient (Wildman–Crippen LogP) is 7.14. The molecule has 1 amide bonds. The molecule has 1 N–H and O–H groups in total. The highest BCUT2D eigenvalue weighted by Gasteiger charge is 2.15. The fourth-order valence-electron chi connectivity index (χ4n) is 3.38. The van der Waals surface area contributed by atoms with E-state index in [1.54, 1.807) is 49.4 Å². The third-order valence-corrected chi connectivity index (χ3v) is 6.21. The maximum Gasteiger partial charge on any atom is 0.266 e. The maximum absolute atomic E-state index is 12.8. The van der Waals surface area contributed by atoms with Gasteiger partial charge in [-0.3, -0.25) is 4.79 Å². The number of rotatable bonds is 8. The van der Waals surface area contributed by atoms with E-state index in [0.717, 1.165) is 16.7 Å². The molecule has 0 bridgehead atoms. The highest BCUT2D eigenvalue weighted by atomic mass is 79.9. The lowest BCUT2D eigenvalue weighted by Crippen LogP contribution is -2.14. The molecule has 0 atom stereocenters. The van der Waals surface area contributed by atoms with Crippen LogP contribution in [0.5, 0.6) is 5.75 Å². The molecule has 0 radical (unpaired) electrons. The van der Waals surface area contributed by atoms with Crippen molar-refractivity contribution in [1.29, 1.82) is 10.5 Å². The van der Waals surface area contributed by atoms with Crippen molar-refractivity contribution >= 4 is 45.2 Å². The van der Waals surface area contributed by atoms with Crippen LogP contribution in [-0.2, 0) is 17.8 Å². The highest BCUT2D eigenvalue weighted by Crippen LogP contribution is 2.33. The van der Waals surface area contributed by atoms with Crippen molar-refractivity contribution in [2.75, 3.05) is 5.32 Å². The second-order valence-corrected chi connectivity index (χ2v) is 8.84. The third-order valence-electron chi connectivity index (χ3n) is 5.21. The lowest BCUT2D eigenvalue weighted by atomic mass is 10.0. The van der Waals surface area contributed by atoms with Gasteiger partial charge in [0, 0.05) is 16.3 Å². The molecule has 5 nitrogen and oxygen atoms in total. The lowest BCUT2D eigenvalue weighted by molar-refractivity contribution is -0.112. The standard InChI is InChI=1S/C28H21BrClN3O2/c1-3-7-20-12-19(13-23(16-32)28(34)33-26-11-6-10-25(30)18(26)2)14-24(29)27(20)35-17-22-9-5-4-8-21(22)15-31/h3-6,8-14H,1,7,17H2,2H3,(H,33,34)/b23-13-. The fraction of sp³-hybridized carbons (Fsp3) is 0.107. The summed E-state index contributed by atoms with van der Waals surface area (Å²) >= 11 is 9.68. The number of anilines is 1. The largest absolute Gasteiger partial charge is 0.487 e. The average molecular weight is 547 g/mol. The first-order chi connectivity index (χ1) is 16.9. The molecule has 0 unspecified atom stereocenters. The second-order valence-electron chi connectivity index (χ2n) is 7.58. The molecule has 35 heavy (non-hydrogen) atoms. The van der Waals surface area contributed by atoms with Gasteiger partial charge < -0.3 is 10.1 Å². The number of amides is 1. The molecule has 3 aromatic carbocycles. The van der Waals surface area contributed by atoms with E-state index in [4.69, 9.17) is 16.3 Å². The average Bonchev–Trinajstić information content (AvgIpc) is 2.85. The summed E-state index contributed by atoms with van der Waals surface area (Å²) in [6.45, 7) is 5.82. The van der Waals surface area contributed by atoms with Crippen molar-refractivity contribution in [3.63, 3.8) is 0 Å². The zero-order chi connectivity index (χ0) is 25.4. The molecule has 0 saturated heterocycles. The lowest BCUT2D eigenvalue weighted by Gasteiger charge is -2.15. The van der Waals surface area contributed by atoms with Crippen LogP contribution in [0, 0.1) is 29.6 Å². The molecule has 0 spiro atoms. The van der Waals surface area contributed by atoms with E-state index in [1.807, 2.05) is 24.3 Å². The van der Waals surface area contributed by atoms with Gasteiger partial charge in [-0.2, -0.15) is 10.5 Å². The normalized spacial score (nSPS) is 10.7. The number of allylic oxidation sites excluding steroid dienone is 1. The second kappa shape index (κ2) is 12.0. The molecule has 174 valence electrons. The van der Waals surface area contributed by atoms with E-state index >= 15 is 0 Å². The SMILES string of the molecule is C=CCc1cc(/C=C(/C#N)C(=O)Nc2cccc(Cl)c2C)cc(Br)c1OCc1ccccc1C#N. The summed E-state index contributed by atoms with van der Waals surface area (Å²) < 4.78 is 6.72. The number of hydrogen-bond acceptors (Lipinski definition) is 4. The Bertz CT molecular complexity index is 1400. The molecule has 3 rings (SSSR count). The van der Waals surface area contributed by atoms with Crippen LogP contribution >= 0.6 is 27.5 Å². The van der Waals surface area contributed by atoms with Crippen molar-refractivity contribution in [2.45, 2.75) is 20.0 Å². The first kappa shape index (κ1) is 25.8. The minimum absolute atomic E-state index is 0.0579. The van der Waals surface area contributed by atoms with Gasteiger partial charge in [0.1, 0.15) is 24.0 Å². The summed E-state index contributed by atoms with van der Waals surface area (Å²) in [7, 11) is 0. The smallest absolute Gasteiger partial charge is 0.266 e. The van der Waals surface area contributed by atoms with Crippen molar-refractivity contribution in [1.82, 2.24) is 0 Å². The Hall–Kier alpha value is -3.84. The first-order valence-electron chi connectivity index (χ1n) is 10.6. The molecule has 0 fully saturated rings. The molecule has 0 aromatic heterocycles. The maximum atomic E-state index is 12.8. The number of carbonyl (C=O) groups excluding carboxylic acids is 1. The summed E-state index contributed by atoms with van der Waals surface area (Å²) in [5.74, 6) is 0.0694. The van der Waals surface area contributed by atoms with Crippen LogP contribution in [0.2, 0.25) is 5.02 Å². The monoisotopic (exact) mass is 545 g/mol. The molecular weight excluding hydrogens is 526 g/mol. The number of ether oxygens (including phenoxy) is 1. The number of hydrogen-bond donors (Lipinski definition) is 1. The Balaban J connectivity index is 1.89. The van der Waals surface area contributed by atoms with Crippen LogP contribution in [0.4, 0.5) is 5.69 Å². The molecule has 0 aliphatic heterocycles. The van der Waals surface area contributed by atoms with Gasteiger partial charge in [0.25, 0.3) is 5.91 Å². The van der Waals surface area contributed by atoms with Gasteiger partial charge in [-0.05, 0) is 82.4 Å². The van der Waals surface area contributed by atoms with Crippen molar-refractivity contribution < 1.29 is 9.53 Å². The number of halogens is 2. The van der Waals surface area contributed by atoms with Gasteiger partial charge in [-0.25, -0.2) is 0 Å². The summed E-state index contributed by atoms with van der Waals surface area (Å²) in [5, 5.41) is 22.2. The van der Waals surface area contributed by atoms with Crippen LogP contribution in [-0.4, -0.2) is 5.91 Å². The van der Waals surface area contributed by atoms with Crippen LogP contribution in [0.1, 0.15) is 27.8 Å². The number of nitrogens with one attached hydrogen (secondary N) is 1. The Labute approximate surface area is 218 Å². The quantitative estimate of drug-likeness (QED) is 0.185. The number of nitrogens with zero attached hydrogens (tertiary/aromatic N) is 2. The molecule has 7 heteroatoms. The minimum Gasteiger partial charge on any atom is -0.487 e. The van der Waals surface area contributed by atoms with Crippen LogP contribution in [0.3, 0.4) is 0 Å². The van der Waals surface area contributed by atoms with Crippen LogP contribution < -0.4 is 10.1 Å². The van der Waals surface area contributed by atoms with Crippen LogP contribution in [0.25, 0.3) is 6.08 Å². The Morgan fingerprint density at radius 2 is 1.94 bits per heavy atom. The van der Waals surface area contributed by atoms with Gasteiger partial charge in [0.05, 0.1) is 16.1 Å². The van der Waals surface area contributed by atoms with E-state index in [0.29, 0.717) is 38.5 Å². The molecule has 0 saturated carbocycles. The molecular formula is C28H21BrClN3O2.